The molecule has 1 aliphatic rings. The number of anilines is 1. The minimum atomic E-state index is -0.380. The van der Waals surface area contributed by atoms with Crippen molar-refractivity contribution in [3.05, 3.63) is 24.3 Å². The van der Waals surface area contributed by atoms with Crippen LogP contribution >= 0.6 is 0 Å². The van der Waals surface area contributed by atoms with Crippen molar-refractivity contribution in [2.75, 3.05) is 11.9 Å². The Morgan fingerprint density at radius 2 is 1.77 bits per heavy atom. The van der Waals surface area contributed by atoms with Crippen molar-refractivity contribution in [2.24, 2.45) is 11.3 Å². The van der Waals surface area contributed by atoms with Gasteiger partial charge >= 0.3 is 0 Å². The lowest BCUT2D eigenvalue weighted by molar-refractivity contribution is -0.123. The number of amides is 1. The number of hydrogen-bond donors (Lipinski definition) is 1. The van der Waals surface area contributed by atoms with Crippen LogP contribution in [-0.4, -0.2) is 12.5 Å². The van der Waals surface area contributed by atoms with Gasteiger partial charge in [-0.1, -0.05) is 52.9 Å². The molecule has 0 radical (unpaired) electrons. The number of benzene rings is 1. The molecule has 1 aromatic rings. The van der Waals surface area contributed by atoms with Gasteiger partial charge in [0.15, 0.2) is 0 Å². The SMILES string of the molecule is CC(C)(C)C(=O)Nc1ccc(OCCC2CCCCC2)cc1. The number of hydrogen-bond acceptors (Lipinski definition) is 2. The zero-order valence-electron chi connectivity index (χ0n) is 14.2. The Morgan fingerprint density at radius 3 is 2.36 bits per heavy atom. The summed E-state index contributed by atoms with van der Waals surface area (Å²) in [6.07, 6.45) is 8.05. The van der Waals surface area contributed by atoms with Crippen LogP contribution in [0.3, 0.4) is 0 Å². The highest BCUT2D eigenvalue weighted by molar-refractivity contribution is 5.94. The fourth-order valence-corrected chi connectivity index (χ4v) is 2.77. The standard InChI is InChI=1S/C19H29NO2/c1-19(2,3)18(21)20-16-9-11-17(12-10-16)22-14-13-15-7-5-4-6-8-15/h9-12,15H,4-8,13-14H2,1-3H3,(H,20,21). The van der Waals surface area contributed by atoms with Gasteiger partial charge in [-0.15, -0.1) is 0 Å². The van der Waals surface area contributed by atoms with Crippen LogP contribution in [0.5, 0.6) is 5.75 Å². The van der Waals surface area contributed by atoms with Crippen molar-refractivity contribution in [2.45, 2.75) is 59.3 Å². The molecule has 0 spiro atoms. The first kappa shape index (κ1) is 16.9. The number of carbonyl (C=O) groups excluding carboxylic acids is 1. The molecule has 2 rings (SSSR count). The van der Waals surface area contributed by atoms with Crippen molar-refractivity contribution < 1.29 is 9.53 Å². The molecule has 0 unspecified atom stereocenters. The van der Waals surface area contributed by atoms with E-state index < -0.39 is 0 Å². The highest BCUT2D eigenvalue weighted by atomic mass is 16.5. The average molecular weight is 303 g/mol. The van der Waals surface area contributed by atoms with E-state index in [0.717, 1.165) is 30.4 Å². The van der Waals surface area contributed by atoms with E-state index in [0.29, 0.717) is 0 Å². The van der Waals surface area contributed by atoms with Crippen LogP contribution in [0.15, 0.2) is 24.3 Å². The van der Waals surface area contributed by atoms with Crippen molar-refractivity contribution in [3.63, 3.8) is 0 Å². The summed E-state index contributed by atoms with van der Waals surface area (Å²) in [5, 5.41) is 2.92. The molecule has 1 fully saturated rings. The van der Waals surface area contributed by atoms with E-state index in [4.69, 9.17) is 4.74 Å². The van der Waals surface area contributed by atoms with E-state index >= 15 is 0 Å². The summed E-state index contributed by atoms with van der Waals surface area (Å²) in [6.45, 7) is 6.51. The zero-order chi connectivity index (χ0) is 16.0. The molecule has 0 atom stereocenters. The largest absolute Gasteiger partial charge is 0.494 e. The van der Waals surface area contributed by atoms with Gasteiger partial charge < -0.3 is 10.1 Å². The molecule has 0 aliphatic heterocycles. The van der Waals surface area contributed by atoms with Gasteiger partial charge in [-0.3, -0.25) is 4.79 Å². The van der Waals surface area contributed by atoms with Crippen LogP contribution in [0, 0.1) is 11.3 Å². The Bertz CT molecular complexity index is 467. The lowest BCUT2D eigenvalue weighted by atomic mass is 9.87. The predicted octanol–water partition coefficient (Wildman–Crippen LogP) is 5.02. The summed E-state index contributed by atoms with van der Waals surface area (Å²) < 4.78 is 5.82. The second-order valence-electron chi connectivity index (χ2n) is 7.37. The van der Waals surface area contributed by atoms with Gasteiger partial charge in [0.25, 0.3) is 0 Å². The molecule has 0 bridgehead atoms. The van der Waals surface area contributed by atoms with Crippen LogP contribution < -0.4 is 10.1 Å². The van der Waals surface area contributed by atoms with E-state index in [1.165, 1.54) is 32.1 Å². The van der Waals surface area contributed by atoms with Gasteiger partial charge in [0.2, 0.25) is 5.91 Å². The summed E-state index contributed by atoms with van der Waals surface area (Å²) >= 11 is 0. The normalized spacial score (nSPS) is 16.3. The predicted molar refractivity (Wildman–Crippen MR) is 91.2 cm³/mol. The molecule has 1 aromatic carbocycles. The van der Waals surface area contributed by atoms with E-state index in [9.17, 15) is 4.79 Å². The third-order valence-electron chi connectivity index (χ3n) is 4.31. The molecule has 22 heavy (non-hydrogen) atoms. The van der Waals surface area contributed by atoms with Crippen molar-refractivity contribution in [1.29, 1.82) is 0 Å². The van der Waals surface area contributed by atoms with E-state index in [-0.39, 0.29) is 11.3 Å². The molecule has 122 valence electrons. The monoisotopic (exact) mass is 303 g/mol. The first-order chi connectivity index (χ1) is 10.4. The summed E-state index contributed by atoms with van der Waals surface area (Å²) in [6, 6.07) is 7.66. The Kier molecular flexibility index (Phi) is 5.87. The van der Waals surface area contributed by atoms with Gasteiger partial charge in [-0.05, 0) is 36.6 Å². The van der Waals surface area contributed by atoms with E-state index in [1.54, 1.807) is 0 Å². The lowest BCUT2D eigenvalue weighted by Gasteiger charge is -2.21. The molecule has 0 heterocycles. The topological polar surface area (TPSA) is 38.3 Å². The molecule has 0 aromatic heterocycles. The van der Waals surface area contributed by atoms with Crippen LogP contribution in [0.25, 0.3) is 0 Å². The first-order valence-electron chi connectivity index (χ1n) is 8.49. The molecule has 1 aliphatic carbocycles. The summed E-state index contributed by atoms with van der Waals surface area (Å²) in [4.78, 5) is 11.9. The van der Waals surface area contributed by atoms with Crippen LogP contribution in [0.4, 0.5) is 5.69 Å². The maximum absolute atomic E-state index is 11.9. The number of rotatable bonds is 5. The molecule has 3 heteroatoms. The maximum atomic E-state index is 11.9. The lowest BCUT2D eigenvalue weighted by Crippen LogP contribution is -2.27. The number of ether oxygens (including phenoxy) is 1. The molecule has 1 saturated carbocycles. The van der Waals surface area contributed by atoms with Crippen molar-refractivity contribution in [3.8, 4) is 5.75 Å². The highest BCUT2D eigenvalue weighted by Crippen LogP contribution is 2.26. The molecule has 3 nitrogen and oxygen atoms in total. The van der Waals surface area contributed by atoms with Gasteiger partial charge in [0.1, 0.15) is 5.75 Å². The van der Waals surface area contributed by atoms with Crippen LogP contribution in [-0.2, 0) is 4.79 Å². The third-order valence-corrected chi connectivity index (χ3v) is 4.31. The van der Waals surface area contributed by atoms with Gasteiger partial charge in [-0.25, -0.2) is 0 Å². The van der Waals surface area contributed by atoms with Crippen LogP contribution in [0.2, 0.25) is 0 Å². The quantitative estimate of drug-likeness (QED) is 0.829. The molecule has 1 amide bonds. The summed E-state index contributed by atoms with van der Waals surface area (Å²) in [7, 11) is 0. The summed E-state index contributed by atoms with van der Waals surface area (Å²) in [5.74, 6) is 1.75. The average Bonchev–Trinajstić information content (AvgIpc) is 2.49. The Hall–Kier alpha value is -1.51. The summed E-state index contributed by atoms with van der Waals surface area (Å²) in [5.41, 5.74) is 0.439. The maximum Gasteiger partial charge on any atom is 0.229 e. The molecular formula is C19H29NO2. The van der Waals surface area contributed by atoms with Gasteiger partial charge in [0.05, 0.1) is 6.61 Å². The Morgan fingerprint density at radius 1 is 1.14 bits per heavy atom. The molecular weight excluding hydrogens is 274 g/mol. The first-order valence-corrected chi connectivity index (χ1v) is 8.49. The Labute approximate surface area is 134 Å². The fraction of sp³-hybridized carbons (Fsp3) is 0.632. The van der Waals surface area contributed by atoms with E-state index in [1.807, 2.05) is 45.0 Å². The minimum Gasteiger partial charge on any atom is -0.494 e. The molecule has 0 saturated heterocycles. The van der Waals surface area contributed by atoms with Crippen LogP contribution in [0.1, 0.15) is 59.3 Å². The van der Waals surface area contributed by atoms with Crippen molar-refractivity contribution in [1.82, 2.24) is 0 Å². The molecule has 1 N–H and O–H groups in total. The second kappa shape index (κ2) is 7.66. The Balaban J connectivity index is 1.75. The number of nitrogens with one attached hydrogen (secondary N) is 1. The number of carbonyl (C=O) groups is 1. The van der Waals surface area contributed by atoms with E-state index in [2.05, 4.69) is 5.32 Å². The fourth-order valence-electron chi connectivity index (χ4n) is 2.77. The van der Waals surface area contributed by atoms with Crippen molar-refractivity contribution >= 4 is 11.6 Å². The minimum absolute atomic E-state index is 0.0264. The third kappa shape index (κ3) is 5.36. The van der Waals surface area contributed by atoms with Gasteiger partial charge in [-0.2, -0.15) is 0 Å². The smallest absolute Gasteiger partial charge is 0.229 e. The second-order valence-corrected chi connectivity index (χ2v) is 7.37. The zero-order valence-corrected chi connectivity index (χ0v) is 14.2. The highest BCUT2D eigenvalue weighted by Gasteiger charge is 2.21. The van der Waals surface area contributed by atoms with Gasteiger partial charge in [0, 0.05) is 11.1 Å².